The van der Waals surface area contributed by atoms with Crippen molar-refractivity contribution in [3.63, 3.8) is 0 Å². The van der Waals surface area contributed by atoms with Crippen LogP contribution in [0.5, 0.6) is 0 Å². The zero-order chi connectivity index (χ0) is 8.36. The fourth-order valence-electron chi connectivity index (χ4n) is 0.483. The van der Waals surface area contributed by atoms with E-state index in [2.05, 4.69) is 0 Å². The summed E-state index contributed by atoms with van der Waals surface area (Å²) in [7, 11) is 0. The van der Waals surface area contributed by atoms with Gasteiger partial charge in [0.05, 0.1) is 6.10 Å². The summed E-state index contributed by atoms with van der Waals surface area (Å²) in [6, 6.07) is 0. The first-order valence-electron chi connectivity index (χ1n) is 2.70. The Labute approximate surface area is 55.7 Å². The molecule has 0 saturated heterocycles. The molecule has 10 heavy (non-hydrogen) atoms. The van der Waals surface area contributed by atoms with Crippen LogP contribution >= 0.6 is 0 Å². The minimum atomic E-state index is -4.06. The van der Waals surface area contributed by atoms with Gasteiger partial charge in [0, 0.05) is 6.42 Å². The normalized spacial score (nSPS) is 15.9. The fraction of sp³-hybridized carbons (Fsp3) is 1.00. The lowest BCUT2D eigenvalue weighted by Gasteiger charge is -2.15. The molecule has 1 nitrogen and oxygen atoms in total. The zero-order valence-corrected chi connectivity index (χ0v) is 5.32. The summed E-state index contributed by atoms with van der Waals surface area (Å²) < 4.78 is 46.4. The molecule has 62 valence electrons. The van der Waals surface area contributed by atoms with Crippen molar-refractivity contribution in [2.75, 3.05) is 0 Å². The molecule has 0 bridgehead atoms. The van der Waals surface area contributed by atoms with E-state index in [0.29, 0.717) is 0 Å². The number of aliphatic hydroxyl groups excluding tert-OH is 1. The van der Waals surface area contributed by atoms with Crippen molar-refractivity contribution in [2.24, 2.45) is 0 Å². The van der Waals surface area contributed by atoms with Gasteiger partial charge in [-0.25, -0.2) is 17.6 Å². The van der Waals surface area contributed by atoms with Gasteiger partial charge in [-0.3, -0.25) is 0 Å². The van der Waals surface area contributed by atoms with E-state index in [-0.39, 0.29) is 0 Å². The van der Waals surface area contributed by atoms with Gasteiger partial charge in [-0.15, -0.1) is 0 Å². The highest BCUT2D eigenvalue weighted by atomic mass is 19.3. The molecule has 0 aliphatic carbocycles. The highest BCUT2D eigenvalue weighted by Crippen LogP contribution is 2.27. The van der Waals surface area contributed by atoms with Gasteiger partial charge in [-0.05, 0) is 6.92 Å². The van der Waals surface area contributed by atoms with Crippen LogP contribution in [0.2, 0.25) is 0 Å². The number of hydrogen-bond donors (Lipinski definition) is 1. The third-order valence-corrected chi connectivity index (χ3v) is 0.887. The SMILES string of the molecule is C[C@H](O)CC(F)(F)C(F)F. The van der Waals surface area contributed by atoms with Crippen LogP contribution in [0.4, 0.5) is 17.6 Å². The van der Waals surface area contributed by atoms with Crippen LogP contribution < -0.4 is 0 Å². The molecule has 0 saturated carbocycles. The number of hydrogen-bond acceptors (Lipinski definition) is 1. The van der Waals surface area contributed by atoms with Crippen LogP contribution in [0.25, 0.3) is 0 Å². The van der Waals surface area contributed by atoms with E-state index >= 15 is 0 Å². The molecule has 1 atom stereocenters. The number of aliphatic hydroxyl groups is 1. The van der Waals surface area contributed by atoms with Gasteiger partial charge in [-0.1, -0.05) is 0 Å². The smallest absolute Gasteiger partial charge is 0.309 e. The van der Waals surface area contributed by atoms with E-state index in [1.165, 1.54) is 0 Å². The molecule has 0 aliphatic heterocycles. The number of halogens is 4. The summed E-state index contributed by atoms with van der Waals surface area (Å²) in [6.07, 6.45) is -6.28. The second-order valence-corrected chi connectivity index (χ2v) is 2.11. The van der Waals surface area contributed by atoms with Crippen molar-refractivity contribution >= 4 is 0 Å². The Bertz CT molecular complexity index is 102. The van der Waals surface area contributed by atoms with Gasteiger partial charge in [0.1, 0.15) is 0 Å². The minimum absolute atomic E-state index is 1.04. The van der Waals surface area contributed by atoms with Crippen molar-refractivity contribution in [3.8, 4) is 0 Å². The average molecular weight is 160 g/mol. The molecule has 0 unspecified atom stereocenters. The van der Waals surface area contributed by atoms with Crippen molar-refractivity contribution < 1.29 is 22.7 Å². The molecule has 0 amide bonds. The van der Waals surface area contributed by atoms with Gasteiger partial charge < -0.3 is 5.11 Å². The van der Waals surface area contributed by atoms with Crippen LogP contribution in [0, 0.1) is 0 Å². The van der Waals surface area contributed by atoms with Crippen LogP contribution in [0.15, 0.2) is 0 Å². The molecule has 0 aromatic carbocycles. The standard InChI is InChI=1S/C5H8F4O/c1-3(10)2-5(8,9)4(6)7/h3-4,10H,2H2,1H3/t3-/m0/s1. The Morgan fingerprint density at radius 3 is 1.90 bits per heavy atom. The lowest BCUT2D eigenvalue weighted by atomic mass is 10.2. The molecule has 0 aromatic heterocycles. The van der Waals surface area contributed by atoms with Gasteiger partial charge >= 0.3 is 12.3 Å². The minimum Gasteiger partial charge on any atom is -0.393 e. The Hall–Kier alpha value is -0.320. The van der Waals surface area contributed by atoms with E-state index in [0.717, 1.165) is 6.92 Å². The fourth-order valence-corrected chi connectivity index (χ4v) is 0.483. The lowest BCUT2D eigenvalue weighted by molar-refractivity contribution is -0.146. The number of rotatable bonds is 3. The van der Waals surface area contributed by atoms with E-state index < -0.39 is 24.9 Å². The third-order valence-electron chi connectivity index (χ3n) is 0.887. The maximum absolute atomic E-state index is 11.9. The Morgan fingerprint density at radius 1 is 1.40 bits per heavy atom. The maximum atomic E-state index is 11.9. The molecule has 5 heteroatoms. The first-order valence-corrected chi connectivity index (χ1v) is 2.70. The highest BCUT2D eigenvalue weighted by molar-refractivity contribution is 4.71. The molecule has 0 heterocycles. The molecule has 0 aliphatic rings. The maximum Gasteiger partial charge on any atom is 0.309 e. The summed E-state index contributed by atoms with van der Waals surface area (Å²) in [6.45, 7) is 1.04. The van der Waals surface area contributed by atoms with Gasteiger partial charge in [0.25, 0.3) is 0 Å². The van der Waals surface area contributed by atoms with Crippen LogP contribution in [0.3, 0.4) is 0 Å². The largest absolute Gasteiger partial charge is 0.393 e. The predicted octanol–water partition coefficient (Wildman–Crippen LogP) is 1.66. The average Bonchev–Trinajstić information content (AvgIpc) is 1.60. The Morgan fingerprint density at radius 2 is 1.80 bits per heavy atom. The summed E-state index contributed by atoms with van der Waals surface area (Å²) in [4.78, 5) is 0. The summed E-state index contributed by atoms with van der Waals surface area (Å²) in [5, 5.41) is 8.32. The monoisotopic (exact) mass is 160 g/mol. The van der Waals surface area contributed by atoms with Gasteiger partial charge in [0.15, 0.2) is 0 Å². The molecule has 0 rings (SSSR count). The highest BCUT2D eigenvalue weighted by Gasteiger charge is 2.41. The first-order chi connectivity index (χ1) is 4.36. The predicted molar refractivity (Wildman–Crippen MR) is 27.2 cm³/mol. The molecular weight excluding hydrogens is 152 g/mol. The molecule has 0 aromatic rings. The second-order valence-electron chi connectivity index (χ2n) is 2.11. The number of alkyl halides is 4. The molecule has 0 spiro atoms. The molecule has 0 fully saturated rings. The van der Waals surface area contributed by atoms with E-state index in [1.54, 1.807) is 0 Å². The Kier molecular flexibility index (Phi) is 3.08. The van der Waals surface area contributed by atoms with Crippen LogP contribution in [-0.2, 0) is 0 Å². The lowest BCUT2D eigenvalue weighted by Crippen LogP contribution is -2.30. The zero-order valence-electron chi connectivity index (χ0n) is 5.32. The van der Waals surface area contributed by atoms with Crippen molar-refractivity contribution in [1.29, 1.82) is 0 Å². The second kappa shape index (κ2) is 3.18. The summed E-state index contributed by atoms with van der Waals surface area (Å²) >= 11 is 0. The van der Waals surface area contributed by atoms with Gasteiger partial charge in [-0.2, -0.15) is 0 Å². The van der Waals surface area contributed by atoms with E-state index in [9.17, 15) is 17.6 Å². The Balaban J connectivity index is 3.87. The van der Waals surface area contributed by atoms with E-state index in [4.69, 9.17) is 5.11 Å². The van der Waals surface area contributed by atoms with Crippen molar-refractivity contribution in [2.45, 2.75) is 31.8 Å². The van der Waals surface area contributed by atoms with Crippen molar-refractivity contribution in [3.05, 3.63) is 0 Å². The quantitative estimate of drug-likeness (QED) is 0.622. The first kappa shape index (κ1) is 9.68. The van der Waals surface area contributed by atoms with Crippen LogP contribution in [0.1, 0.15) is 13.3 Å². The van der Waals surface area contributed by atoms with Crippen molar-refractivity contribution in [1.82, 2.24) is 0 Å². The molecule has 1 N–H and O–H groups in total. The van der Waals surface area contributed by atoms with E-state index in [1.807, 2.05) is 0 Å². The molecule has 0 radical (unpaired) electrons. The molecular formula is C5H8F4O. The van der Waals surface area contributed by atoms with Gasteiger partial charge in [0.2, 0.25) is 0 Å². The van der Waals surface area contributed by atoms with Crippen LogP contribution in [-0.4, -0.2) is 23.6 Å². The third kappa shape index (κ3) is 3.00. The summed E-state index contributed by atoms with van der Waals surface area (Å²) in [5.41, 5.74) is 0. The topological polar surface area (TPSA) is 20.2 Å². The summed E-state index contributed by atoms with van der Waals surface area (Å²) in [5.74, 6) is -4.06.